The zero-order valence-corrected chi connectivity index (χ0v) is 17.1. The minimum absolute atomic E-state index is 0.167. The third-order valence-electron chi connectivity index (χ3n) is 5.16. The molecule has 0 radical (unpaired) electrons. The minimum atomic E-state index is -0.170. The Morgan fingerprint density at radius 2 is 1.89 bits per heavy atom. The molecule has 3 aromatic rings. The first-order chi connectivity index (χ1) is 13.5. The van der Waals surface area contributed by atoms with Crippen molar-refractivity contribution in [3.63, 3.8) is 0 Å². The largest absolute Gasteiger partial charge is 0.321 e. The van der Waals surface area contributed by atoms with Gasteiger partial charge in [0.05, 0.1) is 11.3 Å². The van der Waals surface area contributed by atoms with E-state index in [1.165, 1.54) is 4.88 Å². The van der Waals surface area contributed by atoms with Crippen LogP contribution in [0.3, 0.4) is 0 Å². The molecule has 1 heterocycles. The van der Waals surface area contributed by atoms with Crippen molar-refractivity contribution in [3.8, 4) is 0 Å². The number of amides is 1. The van der Waals surface area contributed by atoms with Crippen LogP contribution in [-0.4, -0.2) is 11.7 Å². The van der Waals surface area contributed by atoms with E-state index >= 15 is 0 Å². The molecule has 1 N–H and O–H groups in total. The van der Waals surface area contributed by atoms with E-state index in [0.717, 1.165) is 30.4 Å². The van der Waals surface area contributed by atoms with E-state index in [1.54, 1.807) is 41.7 Å². The number of rotatable bonds is 4. The fourth-order valence-electron chi connectivity index (χ4n) is 3.62. The highest BCUT2D eigenvalue weighted by Crippen LogP contribution is 2.33. The molecule has 2 aromatic carbocycles. The fourth-order valence-corrected chi connectivity index (χ4v) is 5.03. The summed E-state index contributed by atoms with van der Waals surface area (Å²) in [4.78, 5) is 27.2. The van der Waals surface area contributed by atoms with Gasteiger partial charge < -0.3 is 5.32 Å². The molecule has 1 aromatic heterocycles. The van der Waals surface area contributed by atoms with E-state index in [2.05, 4.69) is 12.2 Å². The van der Waals surface area contributed by atoms with Crippen molar-refractivity contribution in [3.05, 3.63) is 86.1 Å². The summed E-state index contributed by atoms with van der Waals surface area (Å²) in [5, 5.41) is 5.34. The zero-order chi connectivity index (χ0) is 19.7. The third kappa shape index (κ3) is 3.75. The standard InChI is InChI=1S/C23H20ClNO2S/c1-14-7-9-17-19(13-28-21(17)11-14)23(27)25-20-10-8-16(24)12-18(20)22(26)15-5-3-2-4-6-15/h2-6,8,10,12-14H,7,9,11H2,1H3,(H,25,27)/t14-/m0/s1. The number of fused-ring (bicyclic) bond motifs is 1. The Kier molecular flexibility index (Phi) is 5.33. The molecule has 0 fully saturated rings. The summed E-state index contributed by atoms with van der Waals surface area (Å²) >= 11 is 7.79. The van der Waals surface area contributed by atoms with Gasteiger partial charge in [-0.1, -0.05) is 48.9 Å². The molecule has 1 amide bonds. The maximum Gasteiger partial charge on any atom is 0.256 e. The van der Waals surface area contributed by atoms with Gasteiger partial charge >= 0.3 is 0 Å². The molecule has 1 aliphatic rings. The third-order valence-corrected chi connectivity index (χ3v) is 6.44. The molecule has 0 saturated carbocycles. The van der Waals surface area contributed by atoms with E-state index in [9.17, 15) is 9.59 Å². The van der Waals surface area contributed by atoms with Crippen molar-refractivity contribution in [2.24, 2.45) is 5.92 Å². The van der Waals surface area contributed by atoms with Gasteiger partial charge in [0.2, 0.25) is 0 Å². The van der Waals surface area contributed by atoms with Gasteiger partial charge in [-0.25, -0.2) is 0 Å². The molecule has 3 nitrogen and oxygen atoms in total. The number of nitrogens with one attached hydrogen (secondary N) is 1. The molecule has 0 unspecified atom stereocenters. The number of benzene rings is 2. The molecule has 5 heteroatoms. The first-order valence-electron chi connectivity index (χ1n) is 9.33. The first-order valence-corrected chi connectivity index (χ1v) is 10.6. The second-order valence-corrected chi connectivity index (χ2v) is 8.64. The van der Waals surface area contributed by atoms with E-state index in [0.29, 0.717) is 27.8 Å². The molecule has 4 rings (SSSR count). The molecule has 0 saturated heterocycles. The van der Waals surface area contributed by atoms with Crippen molar-refractivity contribution in [2.45, 2.75) is 26.2 Å². The Hall–Kier alpha value is -2.43. The van der Waals surface area contributed by atoms with Gasteiger partial charge in [-0.05, 0) is 48.9 Å². The predicted molar refractivity (Wildman–Crippen MR) is 115 cm³/mol. The second kappa shape index (κ2) is 7.90. The Balaban J connectivity index is 1.64. The lowest BCUT2D eigenvalue weighted by Gasteiger charge is -2.19. The molecule has 0 spiro atoms. The lowest BCUT2D eigenvalue weighted by atomic mass is 9.88. The van der Waals surface area contributed by atoms with Crippen molar-refractivity contribution in [1.29, 1.82) is 0 Å². The maximum atomic E-state index is 13.0. The van der Waals surface area contributed by atoms with Crippen molar-refractivity contribution in [1.82, 2.24) is 0 Å². The normalized spacial score (nSPS) is 15.7. The number of carbonyl (C=O) groups is 2. The number of hydrogen-bond acceptors (Lipinski definition) is 3. The summed E-state index contributed by atoms with van der Waals surface area (Å²) in [6.07, 6.45) is 3.06. The average Bonchev–Trinajstić information content (AvgIpc) is 3.12. The van der Waals surface area contributed by atoms with Gasteiger partial charge in [-0.2, -0.15) is 0 Å². The van der Waals surface area contributed by atoms with Gasteiger partial charge in [0.15, 0.2) is 5.78 Å². The predicted octanol–water partition coefficient (Wildman–Crippen LogP) is 6.01. The number of halogens is 1. The number of hydrogen-bond donors (Lipinski definition) is 1. The topological polar surface area (TPSA) is 46.2 Å². The van der Waals surface area contributed by atoms with E-state index in [1.807, 2.05) is 23.6 Å². The van der Waals surface area contributed by atoms with Crippen LogP contribution in [0, 0.1) is 5.92 Å². The van der Waals surface area contributed by atoms with Gasteiger partial charge in [-0.15, -0.1) is 11.3 Å². The summed E-state index contributed by atoms with van der Waals surface area (Å²) in [5.74, 6) is 0.324. The van der Waals surface area contributed by atoms with Gasteiger partial charge in [0.25, 0.3) is 5.91 Å². The molecule has 0 bridgehead atoms. The van der Waals surface area contributed by atoms with Crippen LogP contribution < -0.4 is 5.32 Å². The van der Waals surface area contributed by atoms with Crippen molar-refractivity contribution in [2.75, 3.05) is 5.32 Å². The van der Waals surface area contributed by atoms with Crippen LogP contribution in [0.25, 0.3) is 0 Å². The minimum Gasteiger partial charge on any atom is -0.321 e. The Labute approximate surface area is 173 Å². The number of anilines is 1. The second-order valence-electron chi connectivity index (χ2n) is 7.24. The lowest BCUT2D eigenvalue weighted by Crippen LogP contribution is -2.18. The van der Waals surface area contributed by atoms with Crippen molar-refractivity contribution >= 4 is 40.3 Å². The molecule has 1 aliphatic carbocycles. The highest BCUT2D eigenvalue weighted by Gasteiger charge is 2.24. The monoisotopic (exact) mass is 409 g/mol. The lowest BCUT2D eigenvalue weighted by molar-refractivity contribution is 0.102. The summed E-state index contributed by atoms with van der Waals surface area (Å²) < 4.78 is 0. The Morgan fingerprint density at radius 3 is 2.68 bits per heavy atom. The van der Waals surface area contributed by atoms with Crippen LogP contribution in [0.1, 0.15) is 50.1 Å². The fraction of sp³-hybridized carbons (Fsp3) is 0.217. The maximum absolute atomic E-state index is 13.0. The summed E-state index contributed by atoms with van der Waals surface area (Å²) in [6.45, 7) is 2.25. The summed E-state index contributed by atoms with van der Waals surface area (Å²) in [6, 6.07) is 14.0. The molecular formula is C23H20ClNO2S. The first kappa shape index (κ1) is 18.9. The Morgan fingerprint density at radius 1 is 1.11 bits per heavy atom. The SMILES string of the molecule is C[C@H]1CCc2c(C(=O)Nc3ccc(Cl)cc3C(=O)c3ccccc3)csc2C1. The zero-order valence-electron chi connectivity index (χ0n) is 15.5. The summed E-state index contributed by atoms with van der Waals surface area (Å²) in [5.41, 5.74) is 3.31. The quantitative estimate of drug-likeness (QED) is 0.536. The van der Waals surface area contributed by atoms with E-state index in [4.69, 9.17) is 11.6 Å². The molecule has 28 heavy (non-hydrogen) atoms. The van der Waals surface area contributed by atoms with Gasteiger partial charge in [-0.3, -0.25) is 9.59 Å². The molecule has 142 valence electrons. The van der Waals surface area contributed by atoms with Crippen LogP contribution in [0.15, 0.2) is 53.9 Å². The average molecular weight is 410 g/mol. The molecule has 0 aliphatic heterocycles. The van der Waals surface area contributed by atoms with Crippen LogP contribution in [0.5, 0.6) is 0 Å². The van der Waals surface area contributed by atoms with E-state index in [-0.39, 0.29) is 11.7 Å². The highest BCUT2D eigenvalue weighted by molar-refractivity contribution is 7.10. The molecule has 1 atom stereocenters. The van der Waals surface area contributed by atoms with Crippen LogP contribution in [0.2, 0.25) is 5.02 Å². The molecular weight excluding hydrogens is 390 g/mol. The van der Waals surface area contributed by atoms with Gasteiger partial charge in [0, 0.05) is 26.4 Å². The highest BCUT2D eigenvalue weighted by atomic mass is 35.5. The van der Waals surface area contributed by atoms with E-state index < -0.39 is 0 Å². The van der Waals surface area contributed by atoms with Crippen molar-refractivity contribution < 1.29 is 9.59 Å². The van der Waals surface area contributed by atoms with Gasteiger partial charge in [0.1, 0.15) is 0 Å². The van der Waals surface area contributed by atoms with Crippen LogP contribution in [0.4, 0.5) is 5.69 Å². The van der Waals surface area contributed by atoms with Crippen LogP contribution >= 0.6 is 22.9 Å². The Bertz CT molecular complexity index is 1040. The number of thiophene rings is 1. The summed E-state index contributed by atoms with van der Waals surface area (Å²) in [7, 11) is 0. The number of carbonyl (C=O) groups excluding carboxylic acids is 2. The van der Waals surface area contributed by atoms with Crippen LogP contribution in [-0.2, 0) is 12.8 Å². The number of ketones is 1. The smallest absolute Gasteiger partial charge is 0.256 e.